The number of nitro benzene ring substituents is 1. The first-order chi connectivity index (χ1) is 13.8. The summed E-state index contributed by atoms with van der Waals surface area (Å²) in [5.74, 6) is 0.0351. The molecule has 2 N–H and O–H groups in total. The van der Waals surface area contributed by atoms with Crippen molar-refractivity contribution in [1.82, 2.24) is 0 Å². The molecule has 0 saturated carbocycles. The Labute approximate surface area is 165 Å². The molecular formula is C18H14N4O6S. The molecule has 0 saturated heterocycles. The van der Waals surface area contributed by atoms with Crippen molar-refractivity contribution >= 4 is 32.9 Å². The van der Waals surface area contributed by atoms with E-state index in [1.54, 1.807) is 30.3 Å². The Balaban J connectivity index is 2.16. The summed E-state index contributed by atoms with van der Waals surface area (Å²) in [7, 11) is -4.81. The molecule has 0 atom stereocenters. The number of aromatic hydroxyl groups is 1. The average molecular weight is 414 g/mol. The highest BCUT2D eigenvalue weighted by Crippen LogP contribution is 2.35. The summed E-state index contributed by atoms with van der Waals surface area (Å²) in [6, 6.07) is 17.1. The summed E-state index contributed by atoms with van der Waals surface area (Å²) < 4.78 is 33.4. The first-order valence-corrected chi connectivity index (χ1v) is 9.51. The summed E-state index contributed by atoms with van der Waals surface area (Å²) in [6.07, 6.45) is 0. The lowest BCUT2D eigenvalue weighted by atomic mass is 10.2. The minimum atomic E-state index is -4.81. The number of phenols is 1. The Bertz CT molecular complexity index is 1160. The van der Waals surface area contributed by atoms with Gasteiger partial charge in [-0.05, 0) is 42.5 Å². The average Bonchev–Trinajstić information content (AvgIpc) is 2.69. The van der Waals surface area contributed by atoms with Crippen LogP contribution in [-0.2, 0) is 10.1 Å². The van der Waals surface area contributed by atoms with E-state index in [1.807, 2.05) is 0 Å². The zero-order valence-electron chi connectivity index (χ0n) is 14.7. The third-order valence-electron chi connectivity index (χ3n) is 3.76. The highest BCUT2D eigenvalue weighted by atomic mass is 32.2. The topological polar surface area (TPSA) is 146 Å². The monoisotopic (exact) mass is 414 g/mol. The van der Waals surface area contributed by atoms with Gasteiger partial charge < -0.3 is 5.11 Å². The van der Waals surface area contributed by atoms with Gasteiger partial charge in [-0.1, -0.05) is 23.4 Å². The maximum Gasteiger partial charge on any atom is 0.296 e. The van der Waals surface area contributed by atoms with Crippen molar-refractivity contribution in [2.75, 3.05) is 5.01 Å². The number of hydrogen-bond acceptors (Lipinski definition) is 7. The van der Waals surface area contributed by atoms with Gasteiger partial charge in [0.05, 0.1) is 22.0 Å². The van der Waals surface area contributed by atoms with Gasteiger partial charge in [0.15, 0.2) is 0 Å². The zero-order chi connectivity index (χ0) is 21.0. The van der Waals surface area contributed by atoms with Gasteiger partial charge in [0.2, 0.25) is 0 Å². The van der Waals surface area contributed by atoms with Gasteiger partial charge in [0.25, 0.3) is 15.8 Å². The van der Waals surface area contributed by atoms with Crippen molar-refractivity contribution in [3.8, 4) is 5.75 Å². The molecule has 0 aromatic heterocycles. The van der Waals surface area contributed by atoms with Gasteiger partial charge >= 0.3 is 0 Å². The van der Waals surface area contributed by atoms with Gasteiger partial charge in [-0.2, -0.15) is 8.42 Å². The second-order valence-electron chi connectivity index (χ2n) is 5.74. The molecule has 0 fully saturated rings. The number of hydrogen-bond donors (Lipinski definition) is 2. The quantitative estimate of drug-likeness (QED) is 0.263. The Morgan fingerprint density at radius 2 is 1.62 bits per heavy atom. The van der Waals surface area contributed by atoms with Crippen molar-refractivity contribution in [3.05, 3.63) is 82.9 Å². The van der Waals surface area contributed by atoms with Crippen molar-refractivity contribution in [2.24, 2.45) is 10.3 Å². The predicted molar refractivity (Wildman–Crippen MR) is 104 cm³/mol. The number of para-hydroxylation sites is 1. The van der Waals surface area contributed by atoms with Crippen LogP contribution in [0.25, 0.3) is 0 Å². The molecule has 0 aliphatic heterocycles. The van der Waals surface area contributed by atoms with Crippen LogP contribution < -0.4 is 5.01 Å². The predicted octanol–water partition coefficient (Wildman–Crippen LogP) is 4.38. The molecule has 10 nitrogen and oxygen atoms in total. The lowest BCUT2D eigenvalue weighted by molar-refractivity contribution is -0.385. The van der Waals surface area contributed by atoms with Crippen LogP contribution in [0, 0.1) is 10.1 Å². The molecule has 0 spiro atoms. The minimum absolute atomic E-state index is 0.0351. The molecule has 148 valence electrons. The summed E-state index contributed by atoms with van der Waals surface area (Å²) >= 11 is 0. The fourth-order valence-electron chi connectivity index (χ4n) is 2.42. The molecule has 3 aromatic rings. The fraction of sp³-hybridized carbons (Fsp3) is 0. The second kappa shape index (κ2) is 8.04. The molecule has 0 heterocycles. The van der Waals surface area contributed by atoms with Gasteiger partial charge in [-0.3, -0.25) is 14.7 Å². The maximum absolute atomic E-state index is 11.9. The third-order valence-corrected chi connectivity index (χ3v) is 4.64. The van der Waals surface area contributed by atoms with Crippen LogP contribution in [0.3, 0.4) is 0 Å². The van der Waals surface area contributed by atoms with Crippen LogP contribution in [0.5, 0.6) is 5.75 Å². The number of non-ortho nitro benzene ring substituents is 1. The molecule has 11 heteroatoms. The molecule has 0 aliphatic rings. The number of rotatable bonds is 6. The normalized spacial score (nSPS) is 11.5. The Kier molecular flexibility index (Phi) is 5.52. The van der Waals surface area contributed by atoms with Crippen LogP contribution >= 0.6 is 0 Å². The molecular weight excluding hydrogens is 400 g/mol. The van der Waals surface area contributed by atoms with Gasteiger partial charge in [-0.15, -0.1) is 5.11 Å². The van der Waals surface area contributed by atoms with Gasteiger partial charge in [-0.25, -0.2) is 5.01 Å². The van der Waals surface area contributed by atoms with Crippen LogP contribution in [0.1, 0.15) is 0 Å². The van der Waals surface area contributed by atoms with Gasteiger partial charge in [0.1, 0.15) is 10.6 Å². The van der Waals surface area contributed by atoms with Crippen LogP contribution in [0.2, 0.25) is 0 Å². The van der Waals surface area contributed by atoms with E-state index in [0.717, 1.165) is 23.2 Å². The van der Waals surface area contributed by atoms with E-state index in [0.29, 0.717) is 11.4 Å². The second-order valence-corrected chi connectivity index (χ2v) is 7.13. The van der Waals surface area contributed by atoms with Gasteiger partial charge in [0, 0.05) is 12.1 Å². The summed E-state index contributed by atoms with van der Waals surface area (Å²) in [5.41, 5.74) is 0.115. The Morgan fingerprint density at radius 1 is 0.966 bits per heavy atom. The molecule has 0 unspecified atom stereocenters. The largest absolute Gasteiger partial charge is 0.508 e. The molecule has 3 rings (SSSR count). The number of anilines is 2. The third kappa shape index (κ3) is 4.72. The summed E-state index contributed by atoms with van der Waals surface area (Å²) in [5, 5.41) is 29.6. The Morgan fingerprint density at radius 3 is 2.21 bits per heavy atom. The summed E-state index contributed by atoms with van der Waals surface area (Å²) in [4.78, 5) is 9.55. The van der Waals surface area contributed by atoms with Crippen molar-refractivity contribution in [2.45, 2.75) is 4.90 Å². The number of nitrogens with zero attached hydrogens (tertiary/aromatic N) is 4. The van der Waals surface area contributed by atoms with E-state index in [2.05, 4.69) is 10.3 Å². The minimum Gasteiger partial charge on any atom is -0.508 e. The maximum atomic E-state index is 11.9. The first-order valence-electron chi connectivity index (χ1n) is 8.07. The molecule has 0 aliphatic carbocycles. The van der Waals surface area contributed by atoms with Crippen molar-refractivity contribution in [1.29, 1.82) is 0 Å². The molecule has 0 radical (unpaired) electrons. The zero-order valence-corrected chi connectivity index (χ0v) is 15.5. The fourth-order valence-corrected chi connectivity index (χ4v) is 3.11. The molecule has 0 amide bonds. The highest BCUT2D eigenvalue weighted by Gasteiger charge is 2.24. The first kappa shape index (κ1) is 19.9. The van der Waals surface area contributed by atoms with E-state index in [1.165, 1.54) is 24.3 Å². The smallest absolute Gasteiger partial charge is 0.296 e. The van der Waals surface area contributed by atoms with Crippen molar-refractivity contribution < 1.29 is 23.0 Å². The lowest BCUT2D eigenvalue weighted by Crippen LogP contribution is -2.13. The lowest BCUT2D eigenvalue weighted by Gasteiger charge is -2.19. The van der Waals surface area contributed by atoms with Crippen LogP contribution in [0.15, 0.2) is 88.0 Å². The standard InChI is InChI=1S/C18H14N4O6S/c23-16-9-6-13(7-10-16)19-20-21(14-4-2-1-3-5-14)17-11-8-15(22(24)25)12-18(17)29(26,27)28/h1-12,23H,(H,26,27,28). The summed E-state index contributed by atoms with van der Waals surface area (Å²) in [6.45, 7) is 0. The van der Waals surface area contributed by atoms with E-state index in [9.17, 15) is 28.2 Å². The SMILES string of the molecule is O=[N+]([O-])c1ccc(N(N=Nc2ccc(O)cc2)c2ccccc2)c(S(=O)(=O)O)c1. The number of benzene rings is 3. The number of nitro groups is 1. The van der Waals surface area contributed by atoms with Crippen LogP contribution in [-0.4, -0.2) is 23.0 Å². The molecule has 29 heavy (non-hydrogen) atoms. The Hall–Kier alpha value is -3.83. The molecule has 0 bridgehead atoms. The van der Waals surface area contributed by atoms with E-state index in [4.69, 9.17) is 0 Å². The van der Waals surface area contributed by atoms with E-state index < -0.39 is 25.6 Å². The molecule has 3 aromatic carbocycles. The number of phenolic OH excluding ortho intramolecular Hbond substituents is 1. The van der Waals surface area contributed by atoms with Crippen molar-refractivity contribution in [3.63, 3.8) is 0 Å². The van der Waals surface area contributed by atoms with E-state index >= 15 is 0 Å². The van der Waals surface area contributed by atoms with E-state index in [-0.39, 0.29) is 11.4 Å². The van der Waals surface area contributed by atoms with Crippen LogP contribution in [0.4, 0.5) is 22.7 Å². The highest BCUT2D eigenvalue weighted by molar-refractivity contribution is 7.86.